The maximum atomic E-state index is 12.3. The first-order valence-corrected chi connectivity index (χ1v) is 8.65. The fraction of sp³-hybridized carbons (Fsp3) is 0.273. The number of ether oxygens (including phenoxy) is 4. The highest BCUT2D eigenvalue weighted by Crippen LogP contribution is 2.35. The minimum atomic E-state index is -0.630. The fourth-order valence-corrected chi connectivity index (χ4v) is 2.73. The van der Waals surface area contributed by atoms with Crippen LogP contribution in [0.1, 0.15) is 27.0 Å². The minimum Gasteiger partial charge on any atom is -0.496 e. The Morgan fingerprint density at radius 3 is 2.14 bits per heavy atom. The van der Waals surface area contributed by atoms with Crippen LogP contribution in [-0.2, 0) is 9.53 Å². The van der Waals surface area contributed by atoms with Gasteiger partial charge >= 0.3 is 5.97 Å². The zero-order valence-corrected chi connectivity index (χ0v) is 16.7. The predicted molar refractivity (Wildman–Crippen MR) is 106 cm³/mol. The van der Waals surface area contributed by atoms with Crippen LogP contribution in [0.25, 0.3) is 6.08 Å². The largest absolute Gasteiger partial charge is 0.496 e. The predicted octanol–water partition coefficient (Wildman–Crippen LogP) is 3.77. The molecule has 2 aromatic carbocycles. The lowest BCUT2D eigenvalue weighted by atomic mass is 10.0. The Balaban J connectivity index is 2.06. The highest BCUT2D eigenvalue weighted by Gasteiger charge is 2.13. The zero-order valence-electron chi connectivity index (χ0n) is 16.7. The summed E-state index contributed by atoms with van der Waals surface area (Å²) in [5, 5.41) is 0. The van der Waals surface area contributed by atoms with Crippen LogP contribution in [0.2, 0.25) is 0 Å². The molecule has 148 valence electrons. The number of methoxy groups -OCH3 is 3. The van der Waals surface area contributed by atoms with Gasteiger partial charge in [0.2, 0.25) is 5.78 Å². The maximum absolute atomic E-state index is 12.3. The normalized spacial score (nSPS) is 10.6. The molecule has 0 bridgehead atoms. The molecule has 2 rings (SSSR count). The highest BCUT2D eigenvalue weighted by atomic mass is 16.5. The van der Waals surface area contributed by atoms with Crippen LogP contribution < -0.4 is 14.2 Å². The molecule has 6 heteroatoms. The van der Waals surface area contributed by atoms with Gasteiger partial charge in [0.05, 0.1) is 21.3 Å². The first-order valence-electron chi connectivity index (χ1n) is 8.65. The SMILES string of the molecule is COc1cc(OC)c(OC)cc1/C=C/C(=O)OCC(=O)c1ccc(C)cc1C. The molecule has 0 aliphatic rings. The molecule has 6 nitrogen and oxygen atoms in total. The third kappa shape index (κ3) is 5.13. The molecular weight excluding hydrogens is 360 g/mol. The maximum Gasteiger partial charge on any atom is 0.331 e. The number of rotatable bonds is 8. The Hall–Kier alpha value is -3.28. The van der Waals surface area contributed by atoms with Gasteiger partial charge < -0.3 is 18.9 Å². The van der Waals surface area contributed by atoms with Crippen LogP contribution in [0.5, 0.6) is 17.2 Å². The van der Waals surface area contributed by atoms with E-state index in [0.717, 1.165) is 11.1 Å². The topological polar surface area (TPSA) is 71.1 Å². The van der Waals surface area contributed by atoms with E-state index in [4.69, 9.17) is 18.9 Å². The van der Waals surface area contributed by atoms with Gasteiger partial charge in [-0.25, -0.2) is 4.79 Å². The lowest BCUT2D eigenvalue weighted by molar-refractivity contribution is -0.136. The van der Waals surface area contributed by atoms with E-state index in [2.05, 4.69) is 0 Å². The first-order chi connectivity index (χ1) is 13.4. The van der Waals surface area contributed by atoms with Gasteiger partial charge in [-0.3, -0.25) is 4.79 Å². The van der Waals surface area contributed by atoms with E-state index >= 15 is 0 Å². The van der Waals surface area contributed by atoms with Crippen molar-refractivity contribution in [1.82, 2.24) is 0 Å². The van der Waals surface area contributed by atoms with Crippen LogP contribution in [0.15, 0.2) is 36.4 Å². The smallest absolute Gasteiger partial charge is 0.331 e. The van der Waals surface area contributed by atoms with Gasteiger partial charge in [-0.05, 0) is 31.6 Å². The summed E-state index contributed by atoms with van der Waals surface area (Å²) in [5.41, 5.74) is 3.08. The van der Waals surface area contributed by atoms with Crippen molar-refractivity contribution in [2.45, 2.75) is 13.8 Å². The van der Waals surface area contributed by atoms with Crippen LogP contribution in [-0.4, -0.2) is 39.7 Å². The van der Waals surface area contributed by atoms with E-state index in [1.807, 2.05) is 26.0 Å². The van der Waals surface area contributed by atoms with Gasteiger partial charge in [0.25, 0.3) is 0 Å². The monoisotopic (exact) mass is 384 g/mol. The van der Waals surface area contributed by atoms with Gasteiger partial charge in [-0.15, -0.1) is 0 Å². The number of hydrogen-bond acceptors (Lipinski definition) is 6. The van der Waals surface area contributed by atoms with Gasteiger partial charge in [0, 0.05) is 23.3 Å². The molecule has 0 fully saturated rings. The third-order valence-electron chi connectivity index (χ3n) is 4.16. The molecule has 0 unspecified atom stereocenters. The van der Waals surface area contributed by atoms with Gasteiger partial charge in [-0.2, -0.15) is 0 Å². The molecule has 28 heavy (non-hydrogen) atoms. The number of carbonyl (C=O) groups is 2. The Kier molecular flexibility index (Phi) is 7.21. The summed E-state index contributed by atoms with van der Waals surface area (Å²) in [6, 6.07) is 8.85. The van der Waals surface area contributed by atoms with Crippen molar-refractivity contribution in [3.63, 3.8) is 0 Å². The second-order valence-corrected chi connectivity index (χ2v) is 6.13. The molecule has 0 atom stereocenters. The highest BCUT2D eigenvalue weighted by molar-refractivity contribution is 6.00. The quantitative estimate of drug-likeness (QED) is 0.392. The zero-order chi connectivity index (χ0) is 20.7. The van der Waals surface area contributed by atoms with Crippen molar-refractivity contribution in [3.8, 4) is 17.2 Å². The van der Waals surface area contributed by atoms with E-state index in [1.165, 1.54) is 33.5 Å². The van der Waals surface area contributed by atoms with Crippen molar-refractivity contribution in [3.05, 3.63) is 58.7 Å². The number of esters is 1. The summed E-state index contributed by atoms with van der Waals surface area (Å²) in [5.74, 6) is 0.644. The second kappa shape index (κ2) is 9.60. The summed E-state index contributed by atoms with van der Waals surface area (Å²) in [4.78, 5) is 24.3. The Morgan fingerprint density at radius 2 is 1.54 bits per heavy atom. The van der Waals surface area contributed by atoms with E-state index in [0.29, 0.717) is 28.4 Å². The van der Waals surface area contributed by atoms with Crippen molar-refractivity contribution in [2.24, 2.45) is 0 Å². The standard InChI is InChI=1S/C22H24O6/c1-14-6-8-17(15(2)10-14)18(23)13-28-22(24)9-7-16-11-20(26-4)21(27-5)12-19(16)25-3/h6-12H,13H2,1-5H3/b9-7+. The van der Waals surface area contributed by atoms with Crippen LogP contribution in [0, 0.1) is 13.8 Å². The van der Waals surface area contributed by atoms with E-state index in [1.54, 1.807) is 18.2 Å². The van der Waals surface area contributed by atoms with Gasteiger partial charge in [0.1, 0.15) is 5.75 Å². The van der Waals surface area contributed by atoms with E-state index in [9.17, 15) is 9.59 Å². The molecule has 0 amide bonds. The molecule has 0 aliphatic heterocycles. The van der Waals surface area contributed by atoms with Crippen molar-refractivity contribution < 1.29 is 28.5 Å². The molecule has 0 aliphatic carbocycles. The molecule has 0 aromatic heterocycles. The molecule has 0 radical (unpaired) electrons. The Labute approximate surface area is 164 Å². The number of ketones is 1. The summed E-state index contributed by atoms with van der Waals surface area (Å²) in [6.45, 7) is 3.48. The van der Waals surface area contributed by atoms with Crippen LogP contribution in [0.3, 0.4) is 0 Å². The third-order valence-corrected chi connectivity index (χ3v) is 4.16. The molecule has 0 N–H and O–H groups in total. The first kappa shape index (κ1) is 21.0. The minimum absolute atomic E-state index is 0.247. The lowest BCUT2D eigenvalue weighted by Gasteiger charge is -2.12. The summed E-state index contributed by atoms with van der Waals surface area (Å²) < 4.78 is 20.9. The summed E-state index contributed by atoms with van der Waals surface area (Å²) in [6.07, 6.45) is 2.77. The molecule has 0 heterocycles. The van der Waals surface area contributed by atoms with Crippen LogP contribution >= 0.6 is 0 Å². The average molecular weight is 384 g/mol. The number of benzene rings is 2. The number of Topliss-reactive ketones (excluding diaryl/α,β-unsaturated/α-hetero) is 1. The number of hydrogen-bond donors (Lipinski definition) is 0. The van der Waals surface area contributed by atoms with Crippen molar-refractivity contribution in [1.29, 1.82) is 0 Å². The molecule has 0 spiro atoms. The van der Waals surface area contributed by atoms with Gasteiger partial charge in [-0.1, -0.05) is 23.8 Å². The fourth-order valence-electron chi connectivity index (χ4n) is 2.73. The lowest BCUT2D eigenvalue weighted by Crippen LogP contribution is -2.13. The number of carbonyl (C=O) groups excluding carboxylic acids is 2. The Bertz CT molecular complexity index is 898. The van der Waals surface area contributed by atoms with E-state index in [-0.39, 0.29) is 12.4 Å². The molecular formula is C22H24O6. The average Bonchev–Trinajstić information content (AvgIpc) is 2.69. The van der Waals surface area contributed by atoms with Crippen LogP contribution in [0.4, 0.5) is 0 Å². The number of aryl methyl sites for hydroxylation is 2. The molecule has 2 aromatic rings. The summed E-state index contributed by atoms with van der Waals surface area (Å²) in [7, 11) is 4.56. The molecule has 0 saturated carbocycles. The van der Waals surface area contributed by atoms with Crippen molar-refractivity contribution in [2.75, 3.05) is 27.9 Å². The van der Waals surface area contributed by atoms with Crippen molar-refractivity contribution >= 4 is 17.8 Å². The molecule has 0 saturated heterocycles. The summed E-state index contributed by atoms with van der Waals surface area (Å²) >= 11 is 0. The Morgan fingerprint density at radius 1 is 0.893 bits per heavy atom. The van der Waals surface area contributed by atoms with E-state index < -0.39 is 5.97 Å². The van der Waals surface area contributed by atoms with Gasteiger partial charge in [0.15, 0.2) is 18.1 Å². The second-order valence-electron chi connectivity index (χ2n) is 6.13.